The number of halogens is 3. The van der Waals surface area contributed by atoms with Crippen molar-refractivity contribution in [3.8, 4) is 5.69 Å². The molecule has 0 saturated carbocycles. The van der Waals surface area contributed by atoms with Gasteiger partial charge < -0.3 is 5.73 Å². The van der Waals surface area contributed by atoms with Crippen LogP contribution in [-0.4, -0.2) is 15.5 Å². The molecule has 1 heterocycles. The Morgan fingerprint density at radius 1 is 1.26 bits per heavy atom. The number of nitrogens with two attached hydrogens (primary N) is 1. The third kappa shape index (κ3) is 3.04. The molecule has 7 heteroatoms. The highest BCUT2D eigenvalue weighted by molar-refractivity contribution is 7.99. The number of benzene rings is 1. The van der Waals surface area contributed by atoms with Crippen LogP contribution in [0.25, 0.3) is 5.69 Å². The second-order valence-corrected chi connectivity index (χ2v) is 5.08. The number of thioether (sulfide) groups is 1. The Balaban J connectivity index is 2.32. The third-order valence-corrected chi connectivity index (χ3v) is 3.23. The molecule has 3 nitrogen and oxygen atoms in total. The lowest BCUT2D eigenvalue weighted by molar-refractivity contribution is -0.137. The van der Waals surface area contributed by atoms with E-state index in [1.807, 2.05) is 6.92 Å². The van der Waals surface area contributed by atoms with Crippen molar-refractivity contribution in [2.45, 2.75) is 18.1 Å². The zero-order valence-electron chi connectivity index (χ0n) is 10.1. The number of anilines is 1. The minimum Gasteiger partial charge on any atom is -0.384 e. The highest BCUT2D eigenvalue weighted by Gasteiger charge is 2.30. The molecule has 0 aliphatic heterocycles. The van der Waals surface area contributed by atoms with Gasteiger partial charge in [0.05, 0.1) is 11.3 Å². The molecule has 2 aromatic rings. The molecule has 0 bridgehead atoms. The van der Waals surface area contributed by atoms with Gasteiger partial charge in [0.15, 0.2) is 0 Å². The maximum atomic E-state index is 12.5. The van der Waals surface area contributed by atoms with E-state index in [-0.39, 0.29) is 0 Å². The van der Waals surface area contributed by atoms with Crippen LogP contribution in [0, 0.1) is 0 Å². The van der Waals surface area contributed by atoms with E-state index in [4.69, 9.17) is 5.73 Å². The van der Waals surface area contributed by atoms with E-state index in [0.717, 1.165) is 22.9 Å². The van der Waals surface area contributed by atoms with E-state index >= 15 is 0 Å². The van der Waals surface area contributed by atoms with Crippen molar-refractivity contribution in [2.24, 2.45) is 0 Å². The number of aromatic nitrogens is 2. The first kappa shape index (κ1) is 13.8. The smallest absolute Gasteiger partial charge is 0.384 e. The van der Waals surface area contributed by atoms with Crippen molar-refractivity contribution in [3.05, 3.63) is 35.9 Å². The summed E-state index contributed by atoms with van der Waals surface area (Å²) >= 11 is 1.52. The van der Waals surface area contributed by atoms with Gasteiger partial charge in [-0.15, -0.1) is 11.8 Å². The van der Waals surface area contributed by atoms with Gasteiger partial charge in [0.1, 0.15) is 10.8 Å². The summed E-state index contributed by atoms with van der Waals surface area (Å²) in [6, 6.07) is 6.44. The molecule has 0 amide bonds. The summed E-state index contributed by atoms with van der Waals surface area (Å²) in [5.74, 6) is 1.25. The van der Waals surface area contributed by atoms with Crippen molar-refractivity contribution >= 4 is 17.6 Å². The molecule has 0 saturated heterocycles. The quantitative estimate of drug-likeness (QED) is 0.877. The minimum atomic E-state index is -4.34. The maximum Gasteiger partial charge on any atom is 0.416 e. The highest BCUT2D eigenvalue weighted by atomic mass is 32.2. The monoisotopic (exact) mass is 287 g/mol. The summed E-state index contributed by atoms with van der Waals surface area (Å²) in [6.45, 7) is 1.98. The third-order valence-electron chi connectivity index (χ3n) is 2.45. The van der Waals surface area contributed by atoms with Crippen molar-refractivity contribution in [1.82, 2.24) is 9.78 Å². The molecule has 2 rings (SSSR count). The van der Waals surface area contributed by atoms with Crippen LogP contribution in [0.15, 0.2) is 35.4 Å². The zero-order chi connectivity index (χ0) is 14.0. The molecule has 1 aromatic heterocycles. The molecule has 0 atom stereocenters. The number of hydrogen-bond donors (Lipinski definition) is 1. The Morgan fingerprint density at radius 3 is 2.42 bits per heavy atom. The second kappa shape index (κ2) is 5.16. The van der Waals surface area contributed by atoms with Crippen LogP contribution in [-0.2, 0) is 6.18 Å². The normalized spacial score (nSPS) is 11.8. The lowest BCUT2D eigenvalue weighted by Crippen LogP contribution is -2.06. The van der Waals surface area contributed by atoms with Crippen molar-refractivity contribution in [3.63, 3.8) is 0 Å². The molecule has 1 aromatic carbocycles. The van der Waals surface area contributed by atoms with Gasteiger partial charge in [-0.1, -0.05) is 6.92 Å². The van der Waals surface area contributed by atoms with Gasteiger partial charge in [-0.05, 0) is 30.0 Å². The summed E-state index contributed by atoms with van der Waals surface area (Å²) in [7, 11) is 0. The Labute approximate surface area is 112 Å². The van der Waals surface area contributed by atoms with Crippen molar-refractivity contribution in [1.29, 1.82) is 0 Å². The van der Waals surface area contributed by atoms with E-state index in [2.05, 4.69) is 5.10 Å². The van der Waals surface area contributed by atoms with Gasteiger partial charge in [0, 0.05) is 6.07 Å². The number of nitrogen functional groups attached to an aromatic ring is 1. The van der Waals surface area contributed by atoms with Gasteiger partial charge in [-0.3, -0.25) is 0 Å². The number of alkyl halides is 3. The molecule has 0 aliphatic rings. The van der Waals surface area contributed by atoms with Crippen LogP contribution in [0.2, 0.25) is 0 Å². The summed E-state index contributed by atoms with van der Waals surface area (Å²) in [5.41, 5.74) is 5.61. The van der Waals surface area contributed by atoms with Crippen LogP contribution in [0.5, 0.6) is 0 Å². The van der Waals surface area contributed by atoms with Gasteiger partial charge in [0.2, 0.25) is 0 Å². The molecule has 0 aliphatic carbocycles. The number of nitrogens with zero attached hydrogens (tertiary/aromatic N) is 2. The molecule has 102 valence electrons. The summed E-state index contributed by atoms with van der Waals surface area (Å²) in [6.07, 6.45) is -4.34. The fourth-order valence-corrected chi connectivity index (χ4v) is 2.23. The summed E-state index contributed by atoms with van der Waals surface area (Å²) in [5, 5.41) is 4.98. The Kier molecular flexibility index (Phi) is 3.75. The number of rotatable bonds is 3. The van der Waals surface area contributed by atoms with E-state index in [1.54, 1.807) is 6.07 Å². The Bertz CT molecular complexity index is 561. The predicted molar refractivity (Wildman–Crippen MR) is 69.4 cm³/mol. The molecule has 19 heavy (non-hydrogen) atoms. The van der Waals surface area contributed by atoms with Gasteiger partial charge in [-0.2, -0.15) is 18.3 Å². The van der Waals surface area contributed by atoms with Crippen LogP contribution >= 0.6 is 11.8 Å². The Hall–Kier alpha value is -1.63. The summed E-state index contributed by atoms with van der Waals surface area (Å²) < 4.78 is 38.8. The van der Waals surface area contributed by atoms with E-state index in [0.29, 0.717) is 11.5 Å². The fraction of sp³-hybridized carbons (Fsp3) is 0.250. The molecule has 0 fully saturated rings. The maximum absolute atomic E-state index is 12.5. The topological polar surface area (TPSA) is 43.8 Å². The fourth-order valence-electron chi connectivity index (χ4n) is 1.59. The second-order valence-electron chi connectivity index (χ2n) is 3.80. The first-order valence-corrected chi connectivity index (χ1v) is 6.56. The van der Waals surface area contributed by atoms with Crippen LogP contribution < -0.4 is 5.73 Å². The molecule has 2 N–H and O–H groups in total. The first-order chi connectivity index (χ1) is 8.91. The summed E-state index contributed by atoms with van der Waals surface area (Å²) in [4.78, 5) is 0. The lowest BCUT2D eigenvalue weighted by atomic mass is 10.2. The largest absolute Gasteiger partial charge is 0.416 e. The van der Waals surface area contributed by atoms with Crippen molar-refractivity contribution in [2.75, 3.05) is 11.5 Å². The highest BCUT2D eigenvalue weighted by Crippen LogP contribution is 2.30. The molecule has 0 radical (unpaired) electrons. The van der Waals surface area contributed by atoms with E-state index in [9.17, 15) is 13.2 Å². The van der Waals surface area contributed by atoms with Gasteiger partial charge in [-0.25, -0.2) is 4.68 Å². The van der Waals surface area contributed by atoms with Crippen LogP contribution in [0.4, 0.5) is 19.0 Å². The average Bonchev–Trinajstić information content (AvgIpc) is 2.70. The van der Waals surface area contributed by atoms with E-state index in [1.165, 1.54) is 28.6 Å². The lowest BCUT2D eigenvalue weighted by Gasteiger charge is -2.08. The van der Waals surface area contributed by atoms with Crippen LogP contribution in [0.3, 0.4) is 0 Å². The molecular formula is C12H12F3N3S. The van der Waals surface area contributed by atoms with E-state index < -0.39 is 11.7 Å². The minimum absolute atomic E-state index is 0.399. The molecule has 0 unspecified atom stereocenters. The first-order valence-electron chi connectivity index (χ1n) is 5.58. The van der Waals surface area contributed by atoms with Crippen LogP contribution in [0.1, 0.15) is 12.5 Å². The zero-order valence-corrected chi connectivity index (χ0v) is 10.9. The predicted octanol–water partition coefficient (Wildman–Crippen LogP) is 3.59. The number of hydrogen-bond acceptors (Lipinski definition) is 3. The van der Waals surface area contributed by atoms with Gasteiger partial charge in [0.25, 0.3) is 0 Å². The standard InChI is InChI=1S/C12H12F3N3S/c1-2-19-11-7-10(16)18(17-11)9-5-3-8(4-6-9)12(13,14)15/h3-7H,2,16H2,1H3. The Morgan fingerprint density at radius 2 is 1.89 bits per heavy atom. The average molecular weight is 287 g/mol. The van der Waals surface area contributed by atoms with Gasteiger partial charge >= 0.3 is 6.18 Å². The molecule has 0 spiro atoms. The molecular weight excluding hydrogens is 275 g/mol. The SMILES string of the molecule is CCSc1cc(N)n(-c2ccc(C(F)(F)F)cc2)n1. The van der Waals surface area contributed by atoms with Crippen molar-refractivity contribution < 1.29 is 13.2 Å².